The highest BCUT2D eigenvalue weighted by atomic mass is 16.6. The van der Waals surface area contributed by atoms with Gasteiger partial charge in [0.05, 0.1) is 11.1 Å². The van der Waals surface area contributed by atoms with Crippen molar-refractivity contribution in [2.24, 2.45) is 11.8 Å². The topological polar surface area (TPSA) is 52.6 Å². The third-order valence-corrected chi connectivity index (χ3v) is 4.82. The van der Waals surface area contributed by atoms with Gasteiger partial charge in [-0.3, -0.25) is 0 Å². The number of esters is 2. The summed E-state index contributed by atoms with van der Waals surface area (Å²) in [7, 11) is 0. The normalized spacial score (nSPS) is 26.4. The molecular weight excluding hydrogens is 316 g/mol. The number of hydrogen-bond acceptors (Lipinski definition) is 4. The lowest BCUT2D eigenvalue weighted by Crippen LogP contribution is -2.38. The highest BCUT2D eigenvalue weighted by Crippen LogP contribution is 2.43. The van der Waals surface area contributed by atoms with Crippen LogP contribution in [0.15, 0.2) is 72.8 Å². The predicted octanol–water partition coefficient (Wildman–Crippen LogP) is 3.64. The highest BCUT2D eigenvalue weighted by molar-refractivity contribution is 5.90. The van der Waals surface area contributed by atoms with Gasteiger partial charge in [0.1, 0.15) is 12.2 Å². The first-order chi connectivity index (χ1) is 12.2. The molecule has 4 rings (SSSR count). The average Bonchev–Trinajstić information content (AvgIpc) is 3.26. The Bertz CT molecular complexity index is 730. The van der Waals surface area contributed by atoms with Crippen LogP contribution in [0.25, 0.3) is 0 Å². The van der Waals surface area contributed by atoms with Gasteiger partial charge in [-0.05, 0) is 30.7 Å². The second-order valence-electron chi connectivity index (χ2n) is 6.42. The maximum absolute atomic E-state index is 12.4. The van der Waals surface area contributed by atoms with Gasteiger partial charge in [-0.1, -0.05) is 48.6 Å². The van der Waals surface area contributed by atoms with Gasteiger partial charge in [-0.15, -0.1) is 0 Å². The summed E-state index contributed by atoms with van der Waals surface area (Å²) >= 11 is 0. The van der Waals surface area contributed by atoms with E-state index in [9.17, 15) is 9.59 Å². The van der Waals surface area contributed by atoms with Crippen molar-refractivity contribution < 1.29 is 19.1 Å². The minimum absolute atomic E-state index is 0.103. The molecule has 4 atom stereocenters. The molecule has 2 aromatic rings. The summed E-state index contributed by atoms with van der Waals surface area (Å²) in [6.07, 6.45) is 4.09. The van der Waals surface area contributed by atoms with E-state index in [0.717, 1.165) is 6.42 Å². The Balaban J connectivity index is 1.50. The number of fused-ring (bicyclic) bond motifs is 2. The Kier molecular flexibility index (Phi) is 4.10. The molecule has 0 saturated heterocycles. The summed E-state index contributed by atoms with van der Waals surface area (Å²) in [5, 5.41) is 0. The van der Waals surface area contributed by atoms with Gasteiger partial charge in [0.15, 0.2) is 0 Å². The molecule has 0 heterocycles. The first-order valence-corrected chi connectivity index (χ1v) is 8.43. The largest absolute Gasteiger partial charge is 0.454 e. The fourth-order valence-electron chi connectivity index (χ4n) is 3.57. The molecule has 2 aliphatic rings. The number of benzene rings is 2. The van der Waals surface area contributed by atoms with Crippen LogP contribution in [-0.4, -0.2) is 24.1 Å². The molecule has 25 heavy (non-hydrogen) atoms. The van der Waals surface area contributed by atoms with Crippen molar-refractivity contribution in [1.82, 2.24) is 0 Å². The van der Waals surface area contributed by atoms with E-state index in [0.29, 0.717) is 11.1 Å². The number of carbonyl (C=O) groups excluding carboxylic acids is 2. The Morgan fingerprint density at radius 3 is 1.48 bits per heavy atom. The Hall–Kier alpha value is -2.88. The van der Waals surface area contributed by atoms with Crippen molar-refractivity contribution in [3.05, 3.63) is 83.9 Å². The highest BCUT2D eigenvalue weighted by Gasteiger charge is 2.49. The van der Waals surface area contributed by atoms with Gasteiger partial charge >= 0.3 is 11.9 Å². The van der Waals surface area contributed by atoms with Crippen LogP contribution < -0.4 is 0 Å². The summed E-state index contributed by atoms with van der Waals surface area (Å²) in [6, 6.07) is 17.8. The third-order valence-electron chi connectivity index (χ3n) is 4.82. The SMILES string of the molecule is O=C(O[C@H]1[C@H](OC(=O)c2ccccc2)[C@H]2C=C[C@@H]1C2)c1ccccc1. The lowest BCUT2D eigenvalue weighted by molar-refractivity contribution is -0.0393. The summed E-state index contributed by atoms with van der Waals surface area (Å²) in [6.45, 7) is 0. The van der Waals surface area contributed by atoms with Crippen LogP contribution in [0, 0.1) is 11.8 Å². The van der Waals surface area contributed by atoms with Gasteiger partial charge in [-0.2, -0.15) is 0 Å². The third kappa shape index (κ3) is 3.07. The smallest absolute Gasteiger partial charge is 0.338 e. The summed E-state index contributed by atoms with van der Waals surface area (Å²) in [5.74, 6) is -0.558. The molecular formula is C21H18O4. The van der Waals surface area contributed by atoms with Gasteiger partial charge in [0.2, 0.25) is 0 Å². The minimum atomic E-state index is -0.435. The summed E-state index contributed by atoms with van der Waals surface area (Å²) in [5.41, 5.74) is 1.00. The zero-order chi connectivity index (χ0) is 17.2. The van der Waals surface area contributed by atoms with E-state index in [2.05, 4.69) is 12.2 Å². The molecule has 0 amide bonds. The van der Waals surface area contributed by atoms with Gasteiger partial charge < -0.3 is 9.47 Å². The van der Waals surface area contributed by atoms with Crippen LogP contribution in [0.5, 0.6) is 0 Å². The zero-order valence-electron chi connectivity index (χ0n) is 13.6. The standard InChI is InChI=1S/C21H18O4/c22-20(14-7-3-1-4-8-14)24-18-16-11-12-17(13-16)19(18)25-21(23)15-9-5-2-6-10-15/h1-12,16-19H,13H2/t16-,17+,18-,19-/m1/s1. The van der Waals surface area contributed by atoms with Crippen LogP contribution in [-0.2, 0) is 9.47 Å². The molecule has 0 aromatic heterocycles. The maximum atomic E-state index is 12.4. The van der Waals surface area contributed by atoms with E-state index in [1.165, 1.54) is 0 Å². The quantitative estimate of drug-likeness (QED) is 0.633. The van der Waals surface area contributed by atoms with Crippen LogP contribution in [0.3, 0.4) is 0 Å². The average molecular weight is 334 g/mol. The van der Waals surface area contributed by atoms with Crippen molar-refractivity contribution in [3.63, 3.8) is 0 Å². The van der Waals surface area contributed by atoms with Gasteiger partial charge in [-0.25, -0.2) is 9.59 Å². The van der Waals surface area contributed by atoms with E-state index in [1.54, 1.807) is 48.5 Å². The summed E-state index contributed by atoms with van der Waals surface area (Å²) in [4.78, 5) is 24.8. The van der Waals surface area contributed by atoms with E-state index in [-0.39, 0.29) is 23.8 Å². The van der Waals surface area contributed by atoms with Gasteiger partial charge in [0, 0.05) is 11.8 Å². The predicted molar refractivity (Wildman–Crippen MR) is 92.0 cm³/mol. The zero-order valence-corrected chi connectivity index (χ0v) is 13.6. The van der Waals surface area contributed by atoms with Crippen molar-refractivity contribution >= 4 is 11.9 Å². The lowest BCUT2D eigenvalue weighted by atomic mass is 10.0. The van der Waals surface area contributed by atoms with E-state index < -0.39 is 12.2 Å². The van der Waals surface area contributed by atoms with Crippen molar-refractivity contribution in [3.8, 4) is 0 Å². The van der Waals surface area contributed by atoms with Crippen molar-refractivity contribution in [1.29, 1.82) is 0 Å². The molecule has 4 nitrogen and oxygen atoms in total. The Morgan fingerprint density at radius 2 is 1.08 bits per heavy atom. The maximum Gasteiger partial charge on any atom is 0.338 e. The molecule has 0 spiro atoms. The van der Waals surface area contributed by atoms with Crippen LogP contribution in [0.1, 0.15) is 27.1 Å². The lowest BCUT2D eigenvalue weighted by Gasteiger charge is -2.27. The molecule has 2 aromatic carbocycles. The van der Waals surface area contributed by atoms with Crippen LogP contribution in [0.4, 0.5) is 0 Å². The monoisotopic (exact) mass is 334 g/mol. The van der Waals surface area contributed by atoms with Gasteiger partial charge in [0.25, 0.3) is 0 Å². The number of ether oxygens (including phenoxy) is 2. The second kappa shape index (κ2) is 6.55. The molecule has 1 saturated carbocycles. The molecule has 0 aliphatic heterocycles. The molecule has 0 N–H and O–H groups in total. The van der Waals surface area contributed by atoms with E-state index >= 15 is 0 Å². The molecule has 4 heteroatoms. The molecule has 2 bridgehead atoms. The molecule has 1 fully saturated rings. The van der Waals surface area contributed by atoms with Crippen molar-refractivity contribution in [2.45, 2.75) is 18.6 Å². The fourth-order valence-corrected chi connectivity index (χ4v) is 3.57. The fraction of sp³-hybridized carbons (Fsp3) is 0.238. The molecule has 0 unspecified atom stereocenters. The Morgan fingerprint density at radius 1 is 0.680 bits per heavy atom. The van der Waals surface area contributed by atoms with E-state index in [4.69, 9.17) is 9.47 Å². The molecule has 2 aliphatic carbocycles. The van der Waals surface area contributed by atoms with Crippen LogP contribution in [0.2, 0.25) is 0 Å². The van der Waals surface area contributed by atoms with Crippen LogP contribution >= 0.6 is 0 Å². The van der Waals surface area contributed by atoms with E-state index in [1.807, 2.05) is 12.1 Å². The Labute approximate surface area is 146 Å². The minimum Gasteiger partial charge on any atom is -0.454 e. The second-order valence-corrected chi connectivity index (χ2v) is 6.42. The molecule has 0 radical (unpaired) electrons. The number of carbonyl (C=O) groups is 2. The first kappa shape index (κ1) is 15.6. The van der Waals surface area contributed by atoms with Crippen molar-refractivity contribution in [2.75, 3.05) is 0 Å². The summed E-state index contributed by atoms with van der Waals surface area (Å²) < 4.78 is 11.4. The molecule has 126 valence electrons. The number of hydrogen-bond donors (Lipinski definition) is 0. The first-order valence-electron chi connectivity index (χ1n) is 8.43. The number of rotatable bonds is 4.